The smallest absolute Gasteiger partial charge is 0.261 e. The van der Waals surface area contributed by atoms with E-state index in [0.29, 0.717) is 33.6 Å². The zero-order valence-electron chi connectivity index (χ0n) is 15.7. The minimum atomic E-state index is -0.0572. The van der Waals surface area contributed by atoms with E-state index in [0.717, 1.165) is 30.9 Å². The van der Waals surface area contributed by atoms with Crippen molar-refractivity contribution in [2.75, 3.05) is 19.6 Å². The van der Waals surface area contributed by atoms with Crippen molar-refractivity contribution < 1.29 is 0 Å². The minimum absolute atomic E-state index is 0.0572. The van der Waals surface area contributed by atoms with E-state index < -0.39 is 0 Å². The van der Waals surface area contributed by atoms with E-state index >= 15 is 0 Å². The van der Waals surface area contributed by atoms with E-state index in [1.807, 2.05) is 30.3 Å². The van der Waals surface area contributed by atoms with Crippen LogP contribution in [0.15, 0.2) is 41.3 Å². The number of rotatable bonds is 2. The number of hydrogen-bond donors (Lipinski definition) is 1. The predicted molar refractivity (Wildman–Crippen MR) is 110 cm³/mol. The second-order valence-electron chi connectivity index (χ2n) is 7.73. The van der Waals surface area contributed by atoms with E-state index in [9.17, 15) is 4.79 Å². The maximum absolute atomic E-state index is 13.1. The van der Waals surface area contributed by atoms with Crippen LogP contribution in [0, 0.1) is 5.92 Å². The monoisotopic (exact) mass is 395 g/mol. The summed E-state index contributed by atoms with van der Waals surface area (Å²) in [6, 6.07) is 9.35. The average molecular weight is 396 g/mol. The van der Waals surface area contributed by atoms with Crippen molar-refractivity contribution in [1.82, 2.24) is 25.0 Å². The fourth-order valence-corrected chi connectivity index (χ4v) is 4.67. The molecule has 7 heteroatoms. The van der Waals surface area contributed by atoms with Crippen LogP contribution in [0.5, 0.6) is 0 Å². The summed E-state index contributed by atoms with van der Waals surface area (Å²) in [5, 5.41) is 3.54. The third-order valence-corrected chi connectivity index (χ3v) is 6.32. The predicted octanol–water partition coefficient (Wildman–Crippen LogP) is 2.96. The van der Waals surface area contributed by atoms with Crippen molar-refractivity contribution in [3.63, 3.8) is 0 Å². The Morgan fingerprint density at radius 2 is 2.04 bits per heavy atom. The zero-order chi connectivity index (χ0) is 19.3. The summed E-state index contributed by atoms with van der Waals surface area (Å²) >= 11 is 6.12. The first-order valence-electron chi connectivity index (χ1n) is 9.71. The first kappa shape index (κ1) is 17.8. The fourth-order valence-electron chi connectivity index (χ4n) is 4.48. The maximum atomic E-state index is 13.1. The van der Waals surface area contributed by atoms with Crippen LogP contribution in [0.25, 0.3) is 22.3 Å². The highest BCUT2D eigenvalue weighted by Gasteiger charge is 2.32. The molecule has 1 unspecified atom stereocenters. The van der Waals surface area contributed by atoms with Crippen molar-refractivity contribution in [2.45, 2.75) is 18.8 Å². The van der Waals surface area contributed by atoms with E-state index in [1.165, 1.54) is 12.8 Å². The first-order valence-corrected chi connectivity index (χ1v) is 10.1. The van der Waals surface area contributed by atoms with Crippen molar-refractivity contribution in [1.29, 1.82) is 0 Å². The standard InChI is InChI=1S/C21H22ClN5O/c1-26-20(14-3-2-4-15(22)9-14)25-19-12-23-18(10-16(19)21(26)28)17-11-24-27-7-5-13(17)6-8-27/h2-4,9-10,12-13,17,24H,5-8,11H2,1H3. The molecule has 2 bridgehead atoms. The normalized spacial score (nSPS) is 24.4. The third kappa shape index (κ3) is 3.02. The van der Waals surface area contributed by atoms with Gasteiger partial charge in [0.25, 0.3) is 5.56 Å². The number of hydrazine groups is 1. The molecule has 0 aliphatic carbocycles. The van der Waals surface area contributed by atoms with Gasteiger partial charge in [-0.05, 0) is 37.0 Å². The maximum Gasteiger partial charge on any atom is 0.261 e. The molecule has 0 spiro atoms. The quantitative estimate of drug-likeness (QED) is 0.722. The molecule has 3 saturated heterocycles. The molecule has 2 aromatic heterocycles. The van der Waals surface area contributed by atoms with Gasteiger partial charge in [-0.3, -0.25) is 19.8 Å². The Bertz CT molecular complexity index is 1100. The Morgan fingerprint density at radius 3 is 2.82 bits per heavy atom. The lowest BCUT2D eigenvalue weighted by Crippen LogP contribution is -2.39. The van der Waals surface area contributed by atoms with Gasteiger partial charge in [-0.2, -0.15) is 0 Å². The molecule has 144 valence electrons. The molecule has 1 N–H and O–H groups in total. The molecule has 3 aromatic rings. The summed E-state index contributed by atoms with van der Waals surface area (Å²) in [5.74, 6) is 1.53. The lowest BCUT2D eigenvalue weighted by atomic mass is 9.83. The topological polar surface area (TPSA) is 63.1 Å². The first-order chi connectivity index (χ1) is 13.6. The van der Waals surface area contributed by atoms with E-state index in [4.69, 9.17) is 21.6 Å². The van der Waals surface area contributed by atoms with Gasteiger partial charge >= 0.3 is 0 Å². The molecule has 0 radical (unpaired) electrons. The van der Waals surface area contributed by atoms with E-state index in [2.05, 4.69) is 10.4 Å². The van der Waals surface area contributed by atoms with Crippen LogP contribution in [0.4, 0.5) is 0 Å². The van der Waals surface area contributed by atoms with Gasteiger partial charge in [-0.15, -0.1) is 0 Å². The highest BCUT2D eigenvalue weighted by molar-refractivity contribution is 6.30. The van der Waals surface area contributed by atoms with Crippen LogP contribution in [-0.2, 0) is 7.05 Å². The third-order valence-electron chi connectivity index (χ3n) is 6.09. The molecular weight excluding hydrogens is 374 g/mol. The van der Waals surface area contributed by atoms with Crippen molar-refractivity contribution in [3.05, 3.63) is 57.6 Å². The molecule has 0 saturated carbocycles. The van der Waals surface area contributed by atoms with Crippen molar-refractivity contribution in [3.8, 4) is 11.4 Å². The SMILES string of the molecule is Cn1c(-c2cccc(Cl)c2)nc2cnc(C3CNN4CCC3CC4)cc2c1=O. The van der Waals surface area contributed by atoms with Gasteiger partial charge in [0.1, 0.15) is 5.82 Å². The molecule has 28 heavy (non-hydrogen) atoms. The summed E-state index contributed by atoms with van der Waals surface area (Å²) in [6.45, 7) is 3.04. The van der Waals surface area contributed by atoms with Crippen LogP contribution in [-0.4, -0.2) is 39.2 Å². The Kier molecular flexibility index (Phi) is 4.42. The van der Waals surface area contributed by atoms with Crippen LogP contribution >= 0.6 is 11.6 Å². The average Bonchev–Trinajstić information content (AvgIpc) is 3.04. The molecule has 6 rings (SSSR count). The van der Waals surface area contributed by atoms with Crippen LogP contribution in [0.3, 0.4) is 0 Å². The van der Waals surface area contributed by atoms with Crippen LogP contribution in [0.1, 0.15) is 24.5 Å². The summed E-state index contributed by atoms with van der Waals surface area (Å²) in [7, 11) is 1.76. The number of piperidine rings is 1. The lowest BCUT2D eigenvalue weighted by molar-refractivity contribution is 0.165. The minimum Gasteiger partial charge on any atom is -0.295 e. The van der Waals surface area contributed by atoms with Crippen molar-refractivity contribution in [2.24, 2.45) is 13.0 Å². The van der Waals surface area contributed by atoms with Crippen LogP contribution in [0.2, 0.25) is 5.02 Å². The summed E-state index contributed by atoms with van der Waals surface area (Å²) in [4.78, 5) is 22.5. The molecule has 1 atom stereocenters. The summed E-state index contributed by atoms with van der Waals surface area (Å²) in [6.07, 6.45) is 4.08. The highest BCUT2D eigenvalue weighted by atomic mass is 35.5. The number of aromatic nitrogens is 3. The van der Waals surface area contributed by atoms with Crippen molar-refractivity contribution >= 4 is 22.5 Å². The summed E-state index contributed by atoms with van der Waals surface area (Å²) < 4.78 is 1.60. The van der Waals surface area contributed by atoms with Gasteiger partial charge < -0.3 is 0 Å². The van der Waals surface area contributed by atoms with E-state index in [1.54, 1.807) is 17.8 Å². The Labute approximate surface area is 168 Å². The molecule has 3 aliphatic rings. The molecule has 5 heterocycles. The second kappa shape index (κ2) is 6.95. The number of nitrogens with one attached hydrogen (secondary N) is 1. The van der Waals surface area contributed by atoms with Gasteiger partial charge in [0.2, 0.25) is 0 Å². The van der Waals surface area contributed by atoms with Gasteiger partial charge in [-0.1, -0.05) is 23.7 Å². The molecular formula is C21H22ClN5O. The number of nitrogens with zero attached hydrogens (tertiary/aromatic N) is 4. The summed E-state index contributed by atoms with van der Waals surface area (Å²) in [5.41, 5.74) is 5.88. The number of hydrogen-bond acceptors (Lipinski definition) is 5. The number of benzene rings is 1. The Balaban J connectivity index is 1.60. The molecule has 6 nitrogen and oxygen atoms in total. The number of halogens is 1. The Morgan fingerprint density at radius 1 is 1.21 bits per heavy atom. The van der Waals surface area contributed by atoms with Gasteiger partial charge in [0.05, 0.1) is 17.1 Å². The molecule has 0 amide bonds. The second-order valence-corrected chi connectivity index (χ2v) is 8.17. The Hall–Kier alpha value is -2.28. The highest BCUT2D eigenvalue weighted by Crippen LogP contribution is 2.34. The van der Waals surface area contributed by atoms with Gasteiger partial charge in [0, 0.05) is 48.9 Å². The van der Waals surface area contributed by atoms with E-state index in [-0.39, 0.29) is 5.56 Å². The molecule has 1 aromatic carbocycles. The lowest BCUT2D eigenvalue weighted by Gasteiger charge is -2.28. The largest absolute Gasteiger partial charge is 0.295 e. The number of pyridine rings is 1. The van der Waals surface area contributed by atoms with Gasteiger partial charge in [0.15, 0.2) is 0 Å². The number of fused-ring (bicyclic) bond motifs is 5. The molecule has 3 aliphatic heterocycles. The fraction of sp³-hybridized carbons (Fsp3) is 0.381. The zero-order valence-corrected chi connectivity index (χ0v) is 16.5. The molecule has 3 fully saturated rings. The van der Waals surface area contributed by atoms with Crippen LogP contribution < -0.4 is 11.0 Å². The van der Waals surface area contributed by atoms with Gasteiger partial charge in [-0.25, -0.2) is 9.99 Å².